The van der Waals surface area contributed by atoms with Gasteiger partial charge in [-0.2, -0.15) is 0 Å². The molecule has 10 atom stereocenters. The van der Waals surface area contributed by atoms with Crippen LogP contribution in [0.5, 0.6) is 0 Å². The molecule has 5 aliphatic carbocycles. The van der Waals surface area contributed by atoms with Gasteiger partial charge in [-0.05, 0) is 116 Å². The Morgan fingerprint density at radius 2 is 1.54 bits per heavy atom. The Morgan fingerprint density at radius 3 is 2.17 bits per heavy atom. The van der Waals surface area contributed by atoms with Crippen molar-refractivity contribution in [3.8, 4) is 0 Å². The second-order valence-corrected chi connectivity index (χ2v) is 15.4. The van der Waals surface area contributed by atoms with Gasteiger partial charge in [0.25, 0.3) is 0 Å². The van der Waals surface area contributed by atoms with E-state index in [4.69, 9.17) is 4.74 Å². The van der Waals surface area contributed by atoms with Crippen LogP contribution < -0.4 is 0 Å². The Kier molecular flexibility index (Phi) is 5.94. The molecule has 198 valence electrons. The van der Waals surface area contributed by atoms with Gasteiger partial charge in [0, 0.05) is 17.8 Å². The molecule has 35 heavy (non-hydrogen) atoms. The molecule has 0 radical (unpaired) electrons. The number of rotatable bonds is 3. The van der Waals surface area contributed by atoms with Gasteiger partial charge in [-0.3, -0.25) is 4.79 Å². The lowest BCUT2D eigenvalue weighted by molar-refractivity contribution is -0.249. The number of ether oxygens (including phenoxy) is 1. The van der Waals surface area contributed by atoms with E-state index >= 15 is 0 Å². The SMILES string of the molecule is CC(=O)O[C@H]1CC[C@@]2(C)C(CC[C@]3(C)C2CCC2C4C(C(C)C)CCC4(C=O)CC[C@]23C)C1(C)C. The second kappa shape index (κ2) is 8.07. The summed E-state index contributed by atoms with van der Waals surface area (Å²) in [7, 11) is 0. The highest BCUT2D eigenvalue weighted by molar-refractivity contribution is 5.66. The lowest BCUT2D eigenvalue weighted by Crippen LogP contribution is -2.67. The summed E-state index contributed by atoms with van der Waals surface area (Å²) in [6.07, 6.45) is 13.5. The molecular formula is C32H52O3. The maximum absolute atomic E-state index is 12.7. The van der Waals surface area contributed by atoms with E-state index < -0.39 is 0 Å². The number of esters is 1. The molecule has 0 aromatic rings. The van der Waals surface area contributed by atoms with Gasteiger partial charge in [-0.1, -0.05) is 48.5 Å². The Bertz CT molecular complexity index is 876. The Morgan fingerprint density at radius 1 is 0.829 bits per heavy atom. The van der Waals surface area contributed by atoms with Gasteiger partial charge in [-0.25, -0.2) is 0 Å². The van der Waals surface area contributed by atoms with E-state index in [-0.39, 0.29) is 22.9 Å². The molecule has 5 rings (SSSR count). The van der Waals surface area contributed by atoms with E-state index in [1.165, 1.54) is 51.2 Å². The molecule has 0 saturated heterocycles. The summed E-state index contributed by atoms with van der Waals surface area (Å²) in [5.74, 6) is 3.82. The third-order valence-electron chi connectivity index (χ3n) is 13.9. The van der Waals surface area contributed by atoms with Gasteiger partial charge >= 0.3 is 5.97 Å². The van der Waals surface area contributed by atoms with Crippen molar-refractivity contribution in [2.45, 2.75) is 126 Å². The van der Waals surface area contributed by atoms with Crippen LogP contribution in [0.2, 0.25) is 0 Å². The molecule has 6 unspecified atom stereocenters. The van der Waals surface area contributed by atoms with Gasteiger partial charge in [0.15, 0.2) is 0 Å². The molecule has 3 heteroatoms. The fourth-order valence-corrected chi connectivity index (χ4v) is 12.0. The van der Waals surface area contributed by atoms with Crippen LogP contribution in [0.3, 0.4) is 0 Å². The van der Waals surface area contributed by atoms with Crippen LogP contribution in [0, 0.1) is 62.6 Å². The van der Waals surface area contributed by atoms with Gasteiger partial charge in [0.2, 0.25) is 0 Å². The molecule has 0 N–H and O–H groups in total. The largest absolute Gasteiger partial charge is 0.462 e. The quantitative estimate of drug-likeness (QED) is 0.302. The predicted octanol–water partition coefficient (Wildman–Crippen LogP) is 7.85. The average molecular weight is 485 g/mol. The molecule has 0 amide bonds. The summed E-state index contributed by atoms with van der Waals surface area (Å²) < 4.78 is 5.90. The van der Waals surface area contributed by atoms with Crippen molar-refractivity contribution in [3.05, 3.63) is 0 Å². The minimum absolute atomic E-state index is 0.0190. The van der Waals surface area contributed by atoms with Crippen LogP contribution in [0.1, 0.15) is 120 Å². The monoisotopic (exact) mass is 484 g/mol. The first-order valence-corrected chi connectivity index (χ1v) is 14.9. The van der Waals surface area contributed by atoms with Crippen molar-refractivity contribution < 1.29 is 14.3 Å². The zero-order chi connectivity index (χ0) is 25.6. The van der Waals surface area contributed by atoms with Crippen molar-refractivity contribution in [1.82, 2.24) is 0 Å². The Hall–Kier alpha value is -0.860. The molecule has 5 fully saturated rings. The summed E-state index contributed by atoms with van der Waals surface area (Å²) in [6.45, 7) is 19.1. The Balaban J connectivity index is 1.51. The third-order valence-corrected chi connectivity index (χ3v) is 13.9. The molecule has 0 aromatic heterocycles. The smallest absolute Gasteiger partial charge is 0.302 e. The molecular weight excluding hydrogens is 432 g/mol. The van der Waals surface area contributed by atoms with E-state index in [0.717, 1.165) is 25.2 Å². The van der Waals surface area contributed by atoms with Crippen LogP contribution in [0.15, 0.2) is 0 Å². The van der Waals surface area contributed by atoms with Crippen LogP contribution in [0.4, 0.5) is 0 Å². The topological polar surface area (TPSA) is 43.4 Å². The van der Waals surface area contributed by atoms with Crippen LogP contribution in [-0.2, 0) is 14.3 Å². The summed E-state index contributed by atoms with van der Waals surface area (Å²) in [5.41, 5.74) is 0.909. The first-order valence-electron chi connectivity index (χ1n) is 14.9. The third kappa shape index (κ3) is 3.27. The van der Waals surface area contributed by atoms with Crippen LogP contribution >= 0.6 is 0 Å². The number of fused-ring (bicyclic) bond motifs is 7. The van der Waals surface area contributed by atoms with E-state index in [9.17, 15) is 9.59 Å². The first-order chi connectivity index (χ1) is 16.3. The molecule has 3 nitrogen and oxygen atoms in total. The summed E-state index contributed by atoms with van der Waals surface area (Å²) >= 11 is 0. The normalized spacial score (nSPS) is 52.6. The van der Waals surface area contributed by atoms with E-state index in [1.807, 2.05) is 0 Å². The highest BCUT2D eigenvalue weighted by atomic mass is 16.5. The van der Waals surface area contributed by atoms with Crippen molar-refractivity contribution in [2.75, 3.05) is 0 Å². The number of carbonyl (C=O) groups is 2. The number of aldehydes is 1. The highest BCUT2D eigenvalue weighted by Gasteiger charge is 2.71. The van der Waals surface area contributed by atoms with Crippen LogP contribution in [-0.4, -0.2) is 18.4 Å². The fourth-order valence-electron chi connectivity index (χ4n) is 12.0. The first kappa shape index (κ1) is 25.8. The fraction of sp³-hybridized carbons (Fsp3) is 0.938. The summed E-state index contributed by atoms with van der Waals surface area (Å²) in [6, 6.07) is 0. The lowest BCUT2D eigenvalue weighted by Gasteiger charge is -2.72. The van der Waals surface area contributed by atoms with Crippen molar-refractivity contribution >= 4 is 12.3 Å². The van der Waals surface area contributed by atoms with Crippen molar-refractivity contribution in [3.63, 3.8) is 0 Å². The molecule has 5 saturated carbocycles. The van der Waals surface area contributed by atoms with Crippen molar-refractivity contribution in [2.24, 2.45) is 62.6 Å². The molecule has 5 aliphatic rings. The van der Waals surface area contributed by atoms with Gasteiger partial charge in [0.05, 0.1) is 0 Å². The molecule has 0 bridgehead atoms. The van der Waals surface area contributed by atoms with E-state index in [1.54, 1.807) is 6.92 Å². The minimum Gasteiger partial charge on any atom is -0.462 e. The molecule has 0 spiro atoms. The second-order valence-electron chi connectivity index (χ2n) is 15.4. The lowest BCUT2D eigenvalue weighted by atomic mass is 9.32. The predicted molar refractivity (Wildman–Crippen MR) is 141 cm³/mol. The van der Waals surface area contributed by atoms with E-state index in [0.29, 0.717) is 45.8 Å². The van der Waals surface area contributed by atoms with Crippen LogP contribution in [0.25, 0.3) is 0 Å². The zero-order valence-electron chi connectivity index (χ0n) is 23.9. The van der Waals surface area contributed by atoms with Crippen molar-refractivity contribution in [1.29, 1.82) is 0 Å². The molecule has 0 aliphatic heterocycles. The van der Waals surface area contributed by atoms with Gasteiger partial charge < -0.3 is 9.53 Å². The van der Waals surface area contributed by atoms with Gasteiger partial charge in [0.1, 0.15) is 12.4 Å². The van der Waals surface area contributed by atoms with Gasteiger partial charge in [-0.15, -0.1) is 0 Å². The standard InChI is InChI=1S/C32H52O3/c1-20(2)22-11-16-32(19-33)18-17-30(7)23(27(22)32)9-10-25-29(6)14-13-26(35-21(3)34)28(4,5)24(29)12-15-31(25,30)8/h19-20,22-27H,9-18H2,1-8H3/t22?,23?,24?,25?,26-,27?,29-,30+,31+,32?/m0/s1. The number of hydrogen-bond donors (Lipinski definition) is 0. The summed E-state index contributed by atoms with van der Waals surface area (Å²) in [5, 5.41) is 0. The maximum Gasteiger partial charge on any atom is 0.302 e. The Labute approximate surface area is 214 Å². The molecule has 0 aromatic carbocycles. The number of carbonyl (C=O) groups excluding carboxylic acids is 2. The highest BCUT2D eigenvalue weighted by Crippen LogP contribution is 2.77. The summed E-state index contributed by atoms with van der Waals surface area (Å²) in [4.78, 5) is 24.5. The molecule has 0 heterocycles. The zero-order valence-corrected chi connectivity index (χ0v) is 23.9. The minimum atomic E-state index is -0.127. The average Bonchev–Trinajstić information content (AvgIpc) is 3.16. The number of hydrogen-bond acceptors (Lipinski definition) is 3. The maximum atomic E-state index is 12.7. The van der Waals surface area contributed by atoms with E-state index in [2.05, 4.69) is 48.5 Å².